The lowest BCUT2D eigenvalue weighted by molar-refractivity contribution is -0.136. The summed E-state index contributed by atoms with van der Waals surface area (Å²) in [5, 5.41) is 8.68. The molecule has 2 nitrogen and oxygen atoms in total. The molecule has 0 fully saturated rings. The molecule has 1 N–H and O–H groups in total. The fraction of sp³-hybridized carbons (Fsp3) is 0.250. The number of carboxylic acid groups (broad SMARTS) is 1. The Hall–Kier alpha value is -1.57. The maximum atomic E-state index is 10.6. The third kappa shape index (κ3) is 1.55. The second-order valence-electron chi connectivity index (χ2n) is 3.70. The summed E-state index contributed by atoms with van der Waals surface area (Å²) in [5.74, 6) is -0.748. The Balaban J connectivity index is 2.30. The van der Waals surface area contributed by atoms with Crippen LogP contribution in [0.2, 0.25) is 0 Å². The third-order valence-electron chi connectivity index (χ3n) is 2.56. The molecular weight excluding hydrogens is 176 g/mol. The summed E-state index contributed by atoms with van der Waals surface area (Å²) in [6, 6.07) is 6.14. The highest BCUT2D eigenvalue weighted by Crippen LogP contribution is 2.28. The first-order valence-corrected chi connectivity index (χ1v) is 4.66. The molecular formula is C12H12O2. The fourth-order valence-corrected chi connectivity index (χ4v) is 1.91. The van der Waals surface area contributed by atoms with E-state index in [0.717, 1.165) is 12.0 Å². The maximum absolute atomic E-state index is 10.6. The smallest absolute Gasteiger partial charge is 0.307 e. The zero-order valence-corrected chi connectivity index (χ0v) is 8.08. The van der Waals surface area contributed by atoms with E-state index < -0.39 is 5.97 Å². The van der Waals surface area contributed by atoms with Gasteiger partial charge in [-0.15, -0.1) is 0 Å². The van der Waals surface area contributed by atoms with Gasteiger partial charge in [0.15, 0.2) is 0 Å². The summed E-state index contributed by atoms with van der Waals surface area (Å²) >= 11 is 0. The maximum Gasteiger partial charge on any atom is 0.307 e. The van der Waals surface area contributed by atoms with Crippen molar-refractivity contribution in [3.8, 4) is 0 Å². The summed E-state index contributed by atoms with van der Waals surface area (Å²) in [7, 11) is 0. The molecule has 2 rings (SSSR count). The highest BCUT2D eigenvalue weighted by atomic mass is 16.4. The van der Waals surface area contributed by atoms with Crippen molar-refractivity contribution in [2.45, 2.75) is 19.8 Å². The third-order valence-corrected chi connectivity index (χ3v) is 2.56. The number of aliphatic carboxylic acids is 1. The van der Waals surface area contributed by atoms with Gasteiger partial charge in [-0.1, -0.05) is 29.8 Å². The summed E-state index contributed by atoms with van der Waals surface area (Å²) < 4.78 is 0. The Morgan fingerprint density at radius 1 is 1.50 bits per heavy atom. The zero-order chi connectivity index (χ0) is 10.1. The highest BCUT2D eigenvalue weighted by molar-refractivity contribution is 5.76. The largest absolute Gasteiger partial charge is 0.481 e. The molecule has 1 aliphatic rings. The molecule has 2 heteroatoms. The van der Waals surface area contributed by atoms with Crippen LogP contribution in [0, 0.1) is 6.92 Å². The first-order valence-electron chi connectivity index (χ1n) is 4.66. The standard InChI is InChI=1S/C12H12O2/c1-8-3-2-4-10-5-9(6-11(8)10)7-12(13)14/h2-4,6H,5,7H2,1H3,(H,13,14). The highest BCUT2D eigenvalue weighted by Gasteiger charge is 2.15. The predicted molar refractivity (Wildman–Crippen MR) is 55.1 cm³/mol. The lowest BCUT2D eigenvalue weighted by Gasteiger charge is -2.00. The number of rotatable bonds is 2. The molecule has 0 aromatic heterocycles. The molecule has 1 aromatic rings. The minimum Gasteiger partial charge on any atom is -0.481 e. The van der Waals surface area contributed by atoms with Crippen LogP contribution in [0.4, 0.5) is 0 Å². The van der Waals surface area contributed by atoms with E-state index in [0.29, 0.717) is 0 Å². The molecule has 0 aliphatic heterocycles. The van der Waals surface area contributed by atoms with Gasteiger partial charge < -0.3 is 5.11 Å². The first-order chi connectivity index (χ1) is 6.66. The van der Waals surface area contributed by atoms with Gasteiger partial charge >= 0.3 is 5.97 Å². The Bertz CT molecular complexity index is 416. The van der Waals surface area contributed by atoms with Crippen LogP contribution in [0.3, 0.4) is 0 Å². The van der Waals surface area contributed by atoms with E-state index in [4.69, 9.17) is 5.11 Å². The van der Waals surface area contributed by atoms with Gasteiger partial charge in [0.1, 0.15) is 0 Å². The van der Waals surface area contributed by atoms with E-state index in [1.807, 2.05) is 12.1 Å². The lowest BCUT2D eigenvalue weighted by Crippen LogP contribution is -1.96. The van der Waals surface area contributed by atoms with Gasteiger partial charge in [-0.2, -0.15) is 0 Å². The minimum absolute atomic E-state index is 0.161. The Morgan fingerprint density at radius 2 is 2.29 bits per heavy atom. The van der Waals surface area contributed by atoms with Gasteiger partial charge in [0.25, 0.3) is 0 Å². The van der Waals surface area contributed by atoms with Gasteiger partial charge in [0.05, 0.1) is 6.42 Å². The summed E-state index contributed by atoms with van der Waals surface area (Å²) in [6.45, 7) is 2.05. The van der Waals surface area contributed by atoms with E-state index in [-0.39, 0.29) is 6.42 Å². The fourth-order valence-electron chi connectivity index (χ4n) is 1.91. The van der Waals surface area contributed by atoms with Crippen molar-refractivity contribution in [2.24, 2.45) is 0 Å². The van der Waals surface area contributed by atoms with Crippen LogP contribution in [-0.2, 0) is 11.2 Å². The van der Waals surface area contributed by atoms with E-state index >= 15 is 0 Å². The van der Waals surface area contributed by atoms with Crippen molar-refractivity contribution in [1.82, 2.24) is 0 Å². The SMILES string of the molecule is Cc1cccc2c1C=C(CC(=O)O)C2. The van der Waals surface area contributed by atoms with Crippen molar-refractivity contribution < 1.29 is 9.90 Å². The number of hydrogen-bond donors (Lipinski definition) is 1. The van der Waals surface area contributed by atoms with Crippen LogP contribution < -0.4 is 0 Å². The summed E-state index contributed by atoms with van der Waals surface area (Å²) in [4.78, 5) is 10.6. The summed E-state index contributed by atoms with van der Waals surface area (Å²) in [6.07, 6.45) is 2.97. The van der Waals surface area contributed by atoms with Gasteiger partial charge in [0, 0.05) is 0 Å². The van der Waals surface area contributed by atoms with Crippen LogP contribution >= 0.6 is 0 Å². The second-order valence-corrected chi connectivity index (χ2v) is 3.70. The van der Waals surface area contributed by atoms with Crippen molar-refractivity contribution in [2.75, 3.05) is 0 Å². The molecule has 1 aliphatic carbocycles. The van der Waals surface area contributed by atoms with Gasteiger partial charge in [-0.25, -0.2) is 0 Å². The predicted octanol–water partition coefficient (Wildman–Crippen LogP) is 2.41. The molecule has 0 saturated carbocycles. The van der Waals surface area contributed by atoms with Crippen molar-refractivity contribution in [3.05, 3.63) is 40.5 Å². The zero-order valence-electron chi connectivity index (χ0n) is 8.08. The average molecular weight is 188 g/mol. The van der Waals surface area contributed by atoms with Crippen LogP contribution in [0.25, 0.3) is 6.08 Å². The Morgan fingerprint density at radius 3 is 2.93 bits per heavy atom. The molecule has 0 unspecified atom stereocenters. The molecule has 14 heavy (non-hydrogen) atoms. The van der Waals surface area contributed by atoms with Gasteiger partial charge in [-0.3, -0.25) is 4.79 Å². The molecule has 0 spiro atoms. The molecule has 0 amide bonds. The lowest BCUT2D eigenvalue weighted by atomic mass is 10.0. The quantitative estimate of drug-likeness (QED) is 0.773. The van der Waals surface area contributed by atoms with E-state index in [1.54, 1.807) is 0 Å². The Labute approximate surface area is 82.9 Å². The van der Waals surface area contributed by atoms with Crippen molar-refractivity contribution >= 4 is 12.0 Å². The van der Waals surface area contributed by atoms with E-state index in [2.05, 4.69) is 19.1 Å². The number of benzene rings is 1. The number of fused-ring (bicyclic) bond motifs is 1. The molecule has 1 aromatic carbocycles. The molecule has 0 atom stereocenters. The number of carboxylic acids is 1. The second kappa shape index (κ2) is 3.29. The molecule has 0 saturated heterocycles. The van der Waals surface area contributed by atoms with Gasteiger partial charge in [0.2, 0.25) is 0 Å². The number of hydrogen-bond acceptors (Lipinski definition) is 1. The van der Waals surface area contributed by atoms with Crippen molar-refractivity contribution in [3.63, 3.8) is 0 Å². The van der Waals surface area contributed by atoms with E-state index in [1.165, 1.54) is 16.7 Å². The number of carbonyl (C=O) groups is 1. The van der Waals surface area contributed by atoms with Crippen LogP contribution in [-0.4, -0.2) is 11.1 Å². The van der Waals surface area contributed by atoms with Gasteiger partial charge in [-0.05, 0) is 30.0 Å². The minimum atomic E-state index is -0.748. The average Bonchev–Trinajstić information content (AvgIpc) is 2.47. The monoisotopic (exact) mass is 188 g/mol. The van der Waals surface area contributed by atoms with Crippen LogP contribution in [0.1, 0.15) is 23.1 Å². The Kier molecular flexibility index (Phi) is 2.12. The number of aryl methyl sites for hydroxylation is 1. The first kappa shape index (κ1) is 9.00. The molecule has 0 heterocycles. The molecule has 0 radical (unpaired) electrons. The molecule has 72 valence electrons. The summed E-state index contributed by atoms with van der Waals surface area (Å²) in [5.41, 5.74) is 4.69. The van der Waals surface area contributed by atoms with E-state index in [9.17, 15) is 4.79 Å². The molecule has 0 bridgehead atoms. The normalized spacial score (nSPS) is 13.6. The topological polar surface area (TPSA) is 37.3 Å². The van der Waals surface area contributed by atoms with Crippen LogP contribution in [0.15, 0.2) is 23.8 Å². The van der Waals surface area contributed by atoms with Crippen LogP contribution in [0.5, 0.6) is 0 Å². The van der Waals surface area contributed by atoms with Crippen molar-refractivity contribution in [1.29, 1.82) is 0 Å².